The Bertz CT molecular complexity index is 966. The third kappa shape index (κ3) is 4.95. The van der Waals surface area contributed by atoms with Gasteiger partial charge in [-0.3, -0.25) is 14.9 Å². The van der Waals surface area contributed by atoms with Crippen LogP contribution in [0.2, 0.25) is 0 Å². The SMILES string of the molecule is COc1cc(/C=C(/C#N)C(=O)Nc2cccc([N+](=O)[O-])c2)cc(I)c1OC. The number of ether oxygens (including phenoxy) is 2. The number of non-ortho nitro benzene ring substituents is 1. The molecule has 8 nitrogen and oxygen atoms in total. The molecular weight excluding hydrogens is 465 g/mol. The number of amides is 1. The van der Waals surface area contributed by atoms with Crippen molar-refractivity contribution >= 4 is 45.9 Å². The lowest BCUT2D eigenvalue weighted by molar-refractivity contribution is -0.384. The van der Waals surface area contributed by atoms with Gasteiger partial charge < -0.3 is 14.8 Å². The molecule has 0 bridgehead atoms. The van der Waals surface area contributed by atoms with Gasteiger partial charge in [-0.05, 0) is 52.4 Å². The van der Waals surface area contributed by atoms with Crippen LogP contribution in [0.5, 0.6) is 11.5 Å². The van der Waals surface area contributed by atoms with Crippen LogP contribution in [0.1, 0.15) is 5.56 Å². The lowest BCUT2D eigenvalue weighted by atomic mass is 10.1. The highest BCUT2D eigenvalue weighted by Gasteiger charge is 2.14. The first-order chi connectivity index (χ1) is 12.9. The van der Waals surface area contributed by atoms with E-state index in [-0.39, 0.29) is 16.9 Å². The second-order valence-corrected chi connectivity index (χ2v) is 6.33. The largest absolute Gasteiger partial charge is 0.493 e. The monoisotopic (exact) mass is 479 g/mol. The van der Waals surface area contributed by atoms with E-state index in [0.717, 1.165) is 3.57 Å². The summed E-state index contributed by atoms with van der Waals surface area (Å²) in [4.78, 5) is 22.6. The number of hydrogen-bond acceptors (Lipinski definition) is 6. The number of carbonyl (C=O) groups excluding carboxylic acids is 1. The van der Waals surface area contributed by atoms with E-state index in [4.69, 9.17) is 9.47 Å². The van der Waals surface area contributed by atoms with Gasteiger partial charge in [-0.1, -0.05) is 6.07 Å². The molecule has 0 heterocycles. The molecule has 0 aromatic heterocycles. The van der Waals surface area contributed by atoms with Crippen LogP contribution in [0.4, 0.5) is 11.4 Å². The minimum Gasteiger partial charge on any atom is -0.493 e. The van der Waals surface area contributed by atoms with Crippen molar-refractivity contribution in [1.82, 2.24) is 0 Å². The highest BCUT2D eigenvalue weighted by Crippen LogP contribution is 2.34. The Balaban J connectivity index is 2.32. The van der Waals surface area contributed by atoms with Crippen molar-refractivity contribution in [2.45, 2.75) is 0 Å². The van der Waals surface area contributed by atoms with Crippen LogP contribution in [0.3, 0.4) is 0 Å². The molecule has 138 valence electrons. The summed E-state index contributed by atoms with van der Waals surface area (Å²) < 4.78 is 11.3. The number of rotatable bonds is 6. The molecule has 1 N–H and O–H groups in total. The van der Waals surface area contributed by atoms with Crippen LogP contribution in [0.25, 0.3) is 6.08 Å². The van der Waals surface area contributed by atoms with Crippen molar-refractivity contribution in [3.05, 3.63) is 61.2 Å². The van der Waals surface area contributed by atoms with Crippen molar-refractivity contribution in [1.29, 1.82) is 5.26 Å². The molecule has 0 spiro atoms. The van der Waals surface area contributed by atoms with E-state index in [2.05, 4.69) is 27.9 Å². The molecule has 9 heteroatoms. The summed E-state index contributed by atoms with van der Waals surface area (Å²) in [5, 5.41) is 22.6. The van der Waals surface area contributed by atoms with E-state index in [1.807, 2.05) is 6.07 Å². The van der Waals surface area contributed by atoms with Gasteiger partial charge in [0.2, 0.25) is 0 Å². The molecule has 0 aliphatic heterocycles. The molecule has 27 heavy (non-hydrogen) atoms. The Labute approximate surface area is 168 Å². The molecule has 0 radical (unpaired) electrons. The van der Waals surface area contributed by atoms with Crippen molar-refractivity contribution in [2.75, 3.05) is 19.5 Å². The zero-order chi connectivity index (χ0) is 20.0. The molecule has 0 fully saturated rings. The van der Waals surface area contributed by atoms with Crippen LogP contribution in [0.15, 0.2) is 42.0 Å². The Hall–Kier alpha value is -3.13. The minimum atomic E-state index is -0.678. The normalized spacial score (nSPS) is 10.7. The minimum absolute atomic E-state index is 0.162. The number of nitro groups is 1. The van der Waals surface area contributed by atoms with Gasteiger partial charge >= 0.3 is 0 Å². The third-order valence-corrected chi connectivity index (χ3v) is 4.25. The number of nitrogens with zero attached hydrogens (tertiary/aromatic N) is 2. The summed E-state index contributed by atoms with van der Waals surface area (Å²) >= 11 is 2.06. The summed E-state index contributed by atoms with van der Waals surface area (Å²) in [6.45, 7) is 0. The average molecular weight is 479 g/mol. The lowest BCUT2D eigenvalue weighted by Gasteiger charge is -2.11. The molecule has 0 atom stereocenters. The van der Waals surface area contributed by atoms with E-state index in [1.54, 1.807) is 12.1 Å². The fourth-order valence-electron chi connectivity index (χ4n) is 2.23. The number of nitrogens with one attached hydrogen (secondary N) is 1. The maximum atomic E-state index is 12.4. The smallest absolute Gasteiger partial charge is 0.271 e. The predicted octanol–water partition coefficient (Wildman–Crippen LogP) is 3.76. The van der Waals surface area contributed by atoms with Gasteiger partial charge in [0, 0.05) is 17.8 Å². The molecule has 2 rings (SSSR count). The van der Waals surface area contributed by atoms with Crippen LogP contribution in [0, 0.1) is 25.0 Å². The van der Waals surface area contributed by atoms with Crippen LogP contribution >= 0.6 is 22.6 Å². The number of benzene rings is 2. The van der Waals surface area contributed by atoms with Gasteiger partial charge in [-0.15, -0.1) is 0 Å². The van der Waals surface area contributed by atoms with Gasteiger partial charge in [0.1, 0.15) is 11.6 Å². The second kappa shape index (κ2) is 9.00. The zero-order valence-corrected chi connectivity index (χ0v) is 16.5. The van der Waals surface area contributed by atoms with Crippen molar-refractivity contribution in [3.8, 4) is 17.6 Å². The molecule has 0 unspecified atom stereocenters. The third-order valence-electron chi connectivity index (χ3n) is 3.45. The average Bonchev–Trinajstić information content (AvgIpc) is 2.65. The molecule has 0 saturated heterocycles. The maximum absolute atomic E-state index is 12.4. The quantitative estimate of drug-likeness (QED) is 0.222. The number of carbonyl (C=O) groups is 1. The van der Waals surface area contributed by atoms with Gasteiger partial charge in [0.15, 0.2) is 11.5 Å². The topological polar surface area (TPSA) is 114 Å². The molecule has 0 aliphatic carbocycles. The number of halogens is 1. The van der Waals surface area contributed by atoms with Crippen LogP contribution in [-0.4, -0.2) is 25.1 Å². The summed E-state index contributed by atoms with van der Waals surface area (Å²) in [7, 11) is 3.00. The lowest BCUT2D eigenvalue weighted by Crippen LogP contribution is -2.13. The molecular formula is C18H14IN3O5. The first-order valence-corrected chi connectivity index (χ1v) is 8.56. The van der Waals surface area contributed by atoms with Crippen molar-refractivity contribution in [2.24, 2.45) is 0 Å². The highest BCUT2D eigenvalue weighted by atomic mass is 127. The number of hydrogen-bond donors (Lipinski definition) is 1. The maximum Gasteiger partial charge on any atom is 0.271 e. The highest BCUT2D eigenvalue weighted by molar-refractivity contribution is 14.1. The summed E-state index contributed by atoms with van der Waals surface area (Å²) in [6.07, 6.45) is 1.40. The molecule has 2 aromatic rings. The Morgan fingerprint density at radius 1 is 1.30 bits per heavy atom. The summed E-state index contributed by atoms with van der Waals surface area (Å²) in [5.74, 6) is 0.338. The summed E-state index contributed by atoms with van der Waals surface area (Å²) in [5.41, 5.74) is 0.467. The number of nitriles is 1. The van der Waals surface area contributed by atoms with Crippen LogP contribution in [-0.2, 0) is 4.79 Å². The van der Waals surface area contributed by atoms with E-state index in [0.29, 0.717) is 17.1 Å². The van der Waals surface area contributed by atoms with E-state index >= 15 is 0 Å². The van der Waals surface area contributed by atoms with Gasteiger partial charge in [0.25, 0.3) is 11.6 Å². The van der Waals surface area contributed by atoms with Gasteiger partial charge in [-0.2, -0.15) is 5.26 Å². The number of methoxy groups -OCH3 is 2. The predicted molar refractivity (Wildman–Crippen MR) is 108 cm³/mol. The molecule has 1 amide bonds. The Morgan fingerprint density at radius 3 is 2.63 bits per heavy atom. The molecule has 0 aliphatic rings. The molecule has 0 saturated carbocycles. The zero-order valence-electron chi connectivity index (χ0n) is 14.4. The molecule has 2 aromatic carbocycles. The fourth-order valence-corrected chi connectivity index (χ4v) is 3.08. The second-order valence-electron chi connectivity index (χ2n) is 5.17. The van der Waals surface area contributed by atoms with E-state index in [1.165, 1.54) is 44.6 Å². The summed E-state index contributed by atoms with van der Waals surface area (Å²) in [6, 6.07) is 10.7. The van der Waals surface area contributed by atoms with E-state index < -0.39 is 10.8 Å². The van der Waals surface area contributed by atoms with Crippen molar-refractivity contribution in [3.63, 3.8) is 0 Å². The van der Waals surface area contributed by atoms with Crippen LogP contribution < -0.4 is 14.8 Å². The van der Waals surface area contributed by atoms with E-state index in [9.17, 15) is 20.2 Å². The first kappa shape index (κ1) is 20.2. The van der Waals surface area contributed by atoms with Gasteiger partial charge in [0.05, 0.1) is 22.7 Å². The first-order valence-electron chi connectivity index (χ1n) is 7.48. The Morgan fingerprint density at radius 2 is 2.04 bits per heavy atom. The number of anilines is 1. The standard InChI is InChI=1S/C18H14IN3O5/c1-26-16-8-11(7-15(19)17(16)27-2)6-12(10-20)18(23)21-13-4-3-5-14(9-13)22(24)25/h3-9H,1-2H3,(H,21,23)/b12-6-. The van der Waals surface area contributed by atoms with Crippen molar-refractivity contribution < 1.29 is 19.2 Å². The fraction of sp³-hybridized carbons (Fsp3) is 0.111. The Kier molecular flexibility index (Phi) is 6.73. The van der Waals surface area contributed by atoms with Gasteiger partial charge in [-0.25, -0.2) is 0 Å². The number of nitro benzene ring substituents is 1.